The quantitative estimate of drug-likeness (QED) is 0.0906. The van der Waals surface area contributed by atoms with Gasteiger partial charge >= 0.3 is 11.9 Å². The third-order valence-electron chi connectivity index (χ3n) is 9.62. The van der Waals surface area contributed by atoms with E-state index in [0.29, 0.717) is 28.2 Å². The number of alkyl halides is 1. The number of methoxy groups -OCH3 is 2. The summed E-state index contributed by atoms with van der Waals surface area (Å²) in [6.07, 6.45) is -4.73. The van der Waals surface area contributed by atoms with E-state index in [0.717, 1.165) is 5.56 Å². The molecule has 2 aromatic heterocycles. The second-order valence-corrected chi connectivity index (χ2v) is 13.0. The maximum absolute atomic E-state index is 16.9. The van der Waals surface area contributed by atoms with Crippen LogP contribution in [0.1, 0.15) is 46.1 Å². The molecule has 6 aromatic rings. The van der Waals surface area contributed by atoms with Crippen LogP contribution in [0.4, 0.5) is 10.2 Å². The summed E-state index contributed by atoms with van der Waals surface area (Å²) in [7, 11) is 3.13. The standard InChI is InChI=1S/C42H38FN5O9/c1-53-30-17-13-28(14-18-30)42(27-11-7-4-8-12-27,29-15-19-31(54-2)20-16-29)55-23-32-37(57-34(51)22-21-33(49)50)35(43)41(56-32)48-25-46-36-38(44-24-45-39(36)48)47-40(52)26-9-5-3-6-10-26/h3-20,24-25,32,35,37,41H,21-23H2,1-2H3,(H,49,50)(H,44,45,47,52)/t32-,35+,37-,41-/m1/s1. The summed E-state index contributed by atoms with van der Waals surface area (Å²) in [6, 6.07) is 32.6. The SMILES string of the molecule is COc1ccc(C(OC[C@H]2O[C@@H](n3cnc4c(NC(=O)c5ccccc5)ncnc43)[C@@H](F)[C@@H]2OC(=O)CCC(=O)O)(c2ccccc2)c2ccc(OC)cc2)cc1. The molecule has 14 nitrogen and oxygen atoms in total. The van der Waals surface area contributed by atoms with Crippen molar-refractivity contribution in [3.63, 3.8) is 0 Å². The summed E-state index contributed by atoms with van der Waals surface area (Å²) in [5.41, 5.74) is 1.47. The predicted octanol–water partition coefficient (Wildman–Crippen LogP) is 6.12. The summed E-state index contributed by atoms with van der Waals surface area (Å²) in [4.78, 5) is 50.2. The average molecular weight is 776 g/mol. The van der Waals surface area contributed by atoms with Gasteiger partial charge in [-0.3, -0.25) is 19.0 Å². The van der Waals surface area contributed by atoms with E-state index >= 15 is 4.39 Å². The highest BCUT2D eigenvalue weighted by Crippen LogP contribution is 2.44. The molecule has 1 amide bonds. The lowest BCUT2D eigenvalue weighted by molar-refractivity contribution is -0.159. The Morgan fingerprint density at radius 3 is 2.00 bits per heavy atom. The number of imidazole rings is 1. The molecule has 1 fully saturated rings. The smallest absolute Gasteiger partial charge is 0.306 e. The Bertz CT molecular complexity index is 2280. The van der Waals surface area contributed by atoms with Gasteiger partial charge in [-0.25, -0.2) is 19.3 Å². The Morgan fingerprint density at radius 1 is 0.807 bits per heavy atom. The number of nitrogens with one attached hydrogen (secondary N) is 1. The van der Waals surface area contributed by atoms with Gasteiger partial charge in [0.25, 0.3) is 5.91 Å². The fourth-order valence-corrected chi connectivity index (χ4v) is 6.79. The predicted molar refractivity (Wildman–Crippen MR) is 204 cm³/mol. The number of hydrogen-bond acceptors (Lipinski definition) is 11. The Kier molecular flexibility index (Phi) is 11.5. The molecule has 1 saturated heterocycles. The van der Waals surface area contributed by atoms with Gasteiger partial charge in [0, 0.05) is 5.56 Å². The van der Waals surface area contributed by atoms with Gasteiger partial charge in [0.1, 0.15) is 29.5 Å². The van der Waals surface area contributed by atoms with Gasteiger partial charge in [-0.1, -0.05) is 72.8 Å². The lowest BCUT2D eigenvalue weighted by atomic mass is 9.80. The maximum atomic E-state index is 16.9. The van der Waals surface area contributed by atoms with Crippen molar-refractivity contribution in [2.45, 2.75) is 43.1 Å². The number of esters is 1. The zero-order valence-electron chi connectivity index (χ0n) is 30.9. The van der Waals surface area contributed by atoms with Crippen molar-refractivity contribution in [3.05, 3.63) is 144 Å². The van der Waals surface area contributed by atoms with Gasteiger partial charge in [0.15, 0.2) is 35.5 Å². The van der Waals surface area contributed by atoms with Crippen LogP contribution in [0, 0.1) is 0 Å². The second-order valence-electron chi connectivity index (χ2n) is 13.0. The van der Waals surface area contributed by atoms with E-state index in [1.165, 1.54) is 17.2 Å². The van der Waals surface area contributed by atoms with Gasteiger partial charge in [0.05, 0.1) is 40.0 Å². The maximum Gasteiger partial charge on any atom is 0.306 e. The molecule has 4 atom stereocenters. The van der Waals surface area contributed by atoms with Crippen LogP contribution in [0.25, 0.3) is 11.2 Å². The first-order valence-corrected chi connectivity index (χ1v) is 17.9. The van der Waals surface area contributed by atoms with Gasteiger partial charge < -0.3 is 34.1 Å². The number of carboxylic acids is 1. The molecule has 0 saturated carbocycles. The van der Waals surface area contributed by atoms with Crippen molar-refractivity contribution < 1.29 is 47.6 Å². The summed E-state index contributed by atoms with van der Waals surface area (Å²) in [5.74, 6) is -1.26. The number of benzene rings is 4. The van der Waals surface area contributed by atoms with E-state index in [4.69, 9.17) is 23.7 Å². The minimum absolute atomic E-state index is 0.0872. The van der Waals surface area contributed by atoms with Gasteiger partial charge in [-0.2, -0.15) is 0 Å². The highest BCUT2D eigenvalue weighted by atomic mass is 19.1. The molecule has 0 spiro atoms. The lowest BCUT2D eigenvalue weighted by Gasteiger charge is -2.37. The number of rotatable bonds is 15. The fourth-order valence-electron chi connectivity index (χ4n) is 6.79. The number of carbonyl (C=O) groups excluding carboxylic acids is 2. The molecule has 0 bridgehead atoms. The van der Waals surface area contributed by atoms with E-state index in [1.807, 2.05) is 54.6 Å². The number of carboxylic acid groups (broad SMARTS) is 1. The third-order valence-corrected chi connectivity index (χ3v) is 9.62. The number of amides is 1. The molecule has 292 valence electrons. The molecule has 15 heteroatoms. The lowest BCUT2D eigenvalue weighted by Crippen LogP contribution is -2.41. The van der Waals surface area contributed by atoms with Crippen LogP contribution in [-0.4, -0.2) is 81.7 Å². The first-order chi connectivity index (χ1) is 27.7. The van der Waals surface area contributed by atoms with Crippen molar-refractivity contribution in [1.82, 2.24) is 19.5 Å². The van der Waals surface area contributed by atoms with E-state index < -0.39 is 60.9 Å². The van der Waals surface area contributed by atoms with Crippen molar-refractivity contribution >= 4 is 34.8 Å². The van der Waals surface area contributed by atoms with Crippen molar-refractivity contribution in [3.8, 4) is 11.5 Å². The fraction of sp³-hybridized carbons (Fsp3) is 0.238. The van der Waals surface area contributed by atoms with Crippen molar-refractivity contribution in [2.75, 3.05) is 26.1 Å². The highest BCUT2D eigenvalue weighted by molar-refractivity contribution is 6.06. The molecule has 1 aliphatic heterocycles. The Labute approximate surface area is 326 Å². The molecule has 4 aromatic carbocycles. The molecule has 2 N–H and O–H groups in total. The largest absolute Gasteiger partial charge is 0.497 e. The summed E-state index contributed by atoms with van der Waals surface area (Å²) in [6.45, 7) is -0.319. The molecule has 57 heavy (non-hydrogen) atoms. The third kappa shape index (κ3) is 8.01. The number of ether oxygens (including phenoxy) is 5. The number of halogens is 1. The van der Waals surface area contributed by atoms with Gasteiger partial charge in [0.2, 0.25) is 0 Å². The second kappa shape index (κ2) is 17.0. The normalized spacial score (nSPS) is 17.9. The van der Waals surface area contributed by atoms with E-state index in [-0.39, 0.29) is 23.6 Å². The molecular formula is C42H38FN5O9. The van der Waals surface area contributed by atoms with Crippen LogP contribution in [0.2, 0.25) is 0 Å². The molecule has 3 heterocycles. The molecular weight excluding hydrogens is 737 g/mol. The summed E-state index contributed by atoms with van der Waals surface area (Å²) in [5, 5.41) is 11.9. The number of aromatic nitrogens is 4. The van der Waals surface area contributed by atoms with Crippen LogP contribution in [0.5, 0.6) is 11.5 Å². The first kappa shape index (κ1) is 38.6. The van der Waals surface area contributed by atoms with Gasteiger partial charge in [-0.15, -0.1) is 0 Å². The molecule has 1 aliphatic rings. The van der Waals surface area contributed by atoms with Crippen LogP contribution < -0.4 is 14.8 Å². The summed E-state index contributed by atoms with van der Waals surface area (Å²) < 4.78 is 48.1. The van der Waals surface area contributed by atoms with E-state index in [2.05, 4.69) is 20.3 Å². The van der Waals surface area contributed by atoms with Crippen molar-refractivity contribution in [2.24, 2.45) is 0 Å². The first-order valence-electron chi connectivity index (χ1n) is 17.9. The monoisotopic (exact) mass is 775 g/mol. The topological polar surface area (TPSA) is 173 Å². The number of fused-ring (bicyclic) bond motifs is 1. The van der Waals surface area contributed by atoms with Crippen LogP contribution in [-0.2, 0) is 29.4 Å². The zero-order valence-corrected chi connectivity index (χ0v) is 30.9. The van der Waals surface area contributed by atoms with Crippen LogP contribution in [0.15, 0.2) is 122 Å². The number of hydrogen-bond donors (Lipinski definition) is 2. The highest BCUT2D eigenvalue weighted by Gasteiger charge is 2.51. The van der Waals surface area contributed by atoms with E-state index in [9.17, 15) is 19.5 Å². The Hall–Kier alpha value is -6.71. The number of nitrogens with zero attached hydrogens (tertiary/aromatic N) is 4. The van der Waals surface area contributed by atoms with Gasteiger partial charge in [-0.05, 0) is 53.1 Å². The number of carbonyl (C=O) groups is 3. The zero-order chi connectivity index (χ0) is 39.9. The number of anilines is 1. The van der Waals surface area contributed by atoms with Crippen LogP contribution in [0.3, 0.4) is 0 Å². The van der Waals surface area contributed by atoms with Crippen LogP contribution >= 0.6 is 0 Å². The Balaban J connectivity index is 1.26. The average Bonchev–Trinajstić information content (AvgIpc) is 3.82. The summed E-state index contributed by atoms with van der Waals surface area (Å²) >= 11 is 0. The molecule has 0 aliphatic carbocycles. The van der Waals surface area contributed by atoms with Crippen molar-refractivity contribution in [1.29, 1.82) is 0 Å². The minimum Gasteiger partial charge on any atom is -0.497 e. The molecule has 0 radical (unpaired) electrons. The molecule has 0 unspecified atom stereocenters. The van der Waals surface area contributed by atoms with E-state index in [1.54, 1.807) is 68.8 Å². The minimum atomic E-state index is -2.00. The Morgan fingerprint density at radius 2 is 1.40 bits per heavy atom. The number of aliphatic carboxylic acids is 1. The molecule has 7 rings (SSSR count).